The summed E-state index contributed by atoms with van der Waals surface area (Å²) in [5.74, 6) is 1.87. The molecule has 2 rings (SSSR count). The van der Waals surface area contributed by atoms with Crippen molar-refractivity contribution in [1.82, 2.24) is 5.32 Å². The highest BCUT2D eigenvalue weighted by molar-refractivity contribution is 5.77. The third kappa shape index (κ3) is 5.21. The number of benzene rings is 2. The van der Waals surface area contributed by atoms with Gasteiger partial charge in [0.2, 0.25) is 0 Å². The predicted octanol–water partition coefficient (Wildman–Crippen LogP) is 2.79. The molecular formula is C18H21NO4. The van der Waals surface area contributed by atoms with Crippen molar-refractivity contribution in [2.45, 2.75) is 13.5 Å². The van der Waals surface area contributed by atoms with E-state index in [1.807, 2.05) is 43.3 Å². The Balaban J connectivity index is 1.82. The molecule has 0 saturated heterocycles. The molecule has 0 fully saturated rings. The summed E-state index contributed by atoms with van der Waals surface area (Å²) in [4.78, 5) is 11.9. The second-order valence-electron chi connectivity index (χ2n) is 4.79. The summed E-state index contributed by atoms with van der Waals surface area (Å²) in [5, 5.41) is 2.81. The first-order valence-corrected chi connectivity index (χ1v) is 7.47. The van der Waals surface area contributed by atoms with Gasteiger partial charge in [0.1, 0.15) is 17.2 Å². The fourth-order valence-electron chi connectivity index (χ4n) is 2.06. The third-order valence-electron chi connectivity index (χ3n) is 3.15. The quantitative estimate of drug-likeness (QED) is 0.814. The summed E-state index contributed by atoms with van der Waals surface area (Å²) in [6, 6.07) is 14.8. The minimum atomic E-state index is -0.197. The van der Waals surface area contributed by atoms with Gasteiger partial charge in [-0.2, -0.15) is 0 Å². The SMILES string of the molecule is CCOc1cccc(OCC(=O)NCc2ccccc2OC)c1. The summed E-state index contributed by atoms with van der Waals surface area (Å²) in [5.41, 5.74) is 0.918. The van der Waals surface area contributed by atoms with E-state index in [0.29, 0.717) is 18.9 Å². The van der Waals surface area contributed by atoms with Gasteiger partial charge in [0.05, 0.1) is 13.7 Å². The Kier molecular flexibility index (Phi) is 6.29. The smallest absolute Gasteiger partial charge is 0.258 e. The zero-order valence-corrected chi connectivity index (χ0v) is 13.4. The van der Waals surface area contributed by atoms with Crippen molar-refractivity contribution in [3.05, 3.63) is 54.1 Å². The van der Waals surface area contributed by atoms with Crippen LogP contribution in [0.2, 0.25) is 0 Å². The van der Waals surface area contributed by atoms with Gasteiger partial charge in [0.15, 0.2) is 6.61 Å². The Bertz CT molecular complexity index is 642. The Labute approximate surface area is 136 Å². The summed E-state index contributed by atoms with van der Waals surface area (Å²) in [6.45, 7) is 2.84. The third-order valence-corrected chi connectivity index (χ3v) is 3.15. The molecule has 1 amide bonds. The molecule has 1 N–H and O–H groups in total. The van der Waals surface area contributed by atoms with Crippen molar-refractivity contribution in [2.24, 2.45) is 0 Å². The lowest BCUT2D eigenvalue weighted by atomic mass is 10.2. The normalized spacial score (nSPS) is 10.0. The number of methoxy groups -OCH3 is 1. The first kappa shape index (κ1) is 16.7. The van der Waals surface area contributed by atoms with Crippen molar-refractivity contribution in [3.63, 3.8) is 0 Å². The highest BCUT2D eigenvalue weighted by Crippen LogP contribution is 2.19. The number of ether oxygens (including phenoxy) is 3. The van der Waals surface area contributed by atoms with Crippen LogP contribution in [-0.4, -0.2) is 26.2 Å². The number of hydrogen-bond acceptors (Lipinski definition) is 4. The molecule has 0 saturated carbocycles. The molecule has 5 nitrogen and oxygen atoms in total. The van der Waals surface area contributed by atoms with E-state index in [1.54, 1.807) is 19.2 Å². The molecule has 5 heteroatoms. The van der Waals surface area contributed by atoms with E-state index in [2.05, 4.69) is 5.32 Å². The molecule has 0 atom stereocenters. The van der Waals surface area contributed by atoms with E-state index in [-0.39, 0.29) is 12.5 Å². The van der Waals surface area contributed by atoms with Crippen LogP contribution in [0.4, 0.5) is 0 Å². The fourth-order valence-corrected chi connectivity index (χ4v) is 2.06. The van der Waals surface area contributed by atoms with Gasteiger partial charge >= 0.3 is 0 Å². The standard InChI is InChI=1S/C18H21NO4/c1-3-22-15-8-6-9-16(11-15)23-13-18(20)19-12-14-7-4-5-10-17(14)21-2/h4-11H,3,12-13H2,1-2H3,(H,19,20). The monoisotopic (exact) mass is 315 g/mol. The maximum atomic E-state index is 11.9. The van der Waals surface area contributed by atoms with Crippen molar-refractivity contribution < 1.29 is 19.0 Å². The highest BCUT2D eigenvalue weighted by atomic mass is 16.5. The Morgan fingerprint density at radius 3 is 2.52 bits per heavy atom. The number of para-hydroxylation sites is 1. The first-order valence-electron chi connectivity index (χ1n) is 7.47. The molecule has 0 aliphatic heterocycles. The lowest BCUT2D eigenvalue weighted by Gasteiger charge is -2.11. The van der Waals surface area contributed by atoms with Crippen LogP contribution in [0, 0.1) is 0 Å². The van der Waals surface area contributed by atoms with Crippen LogP contribution in [0.1, 0.15) is 12.5 Å². The average molecular weight is 315 g/mol. The number of carbonyl (C=O) groups is 1. The van der Waals surface area contributed by atoms with E-state index in [1.165, 1.54) is 0 Å². The highest BCUT2D eigenvalue weighted by Gasteiger charge is 2.06. The molecule has 122 valence electrons. The summed E-state index contributed by atoms with van der Waals surface area (Å²) < 4.78 is 16.1. The lowest BCUT2D eigenvalue weighted by Crippen LogP contribution is -2.28. The van der Waals surface area contributed by atoms with Gasteiger partial charge in [-0.15, -0.1) is 0 Å². The fraction of sp³-hybridized carbons (Fsp3) is 0.278. The van der Waals surface area contributed by atoms with Gasteiger partial charge in [-0.05, 0) is 25.1 Å². The zero-order chi connectivity index (χ0) is 16.5. The molecule has 0 aliphatic rings. The van der Waals surface area contributed by atoms with Crippen molar-refractivity contribution in [1.29, 1.82) is 0 Å². The second-order valence-corrected chi connectivity index (χ2v) is 4.79. The molecule has 0 heterocycles. The summed E-state index contributed by atoms with van der Waals surface area (Å²) >= 11 is 0. The number of nitrogens with one attached hydrogen (secondary N) is 1. The first-order chi connectivity index (χ1) is 11.2. The Morgan fingerprint density at radius 1 is 1.04 bits per heavy atom. The molecule has 0 radical (unpaired) electrons. The largest absolute Gasteiger partial charge is 0.496 e. The molecule has 2 aromatic carbocycles. The van der Waals surface area contributed by atoms with E-state index < -0.39 is 0 Å². The van der Waals surface area contributed by atoms with Gasteiger partial charge in [-0.25, -0.2) is 0 Å². The zero-order valence-electron chi connectivity index (χ0n) is 13.4. The van der Waals surface area contributed by atoms with E-state index >= 15 is 0 Å². The number of amides is 1. The molecule has 0 aromatic heterocycles. The lowest BCUT2D eigenvalue weighted by molar-refractivity contribution is -0.123. The topological polar surface area (TPSA) is 56.8 Å². The summed E-state index contributed by atoms with van der Waals surface area (Å²) in [6.07, 6.45) is 0. The van der Waals surface area contributed by atoms with Gasteiger partial charge in [0, 0.05) is 18.2 Å². The van der Waals surface area contributed by atoms with E-state index in [4.69, 9.17) is 14.2 Å². The minimum absolute atomic E-state index is 0.0509. The second kappa shape index (κ2) is 8.68. The van der Waals surface area contributed by atoms with Gasteiger partial charge in [-0.1, -0.05) is 24.3 Å². The van der Waals surface area contributed by atoms with Crippen molar-refractivity contribution in [2.75, 3.05) is 20.3 Å². The number of hydrogen-bond donors (Lipinski definition) is 1. The molecule has 0 bridgehead atoms. The van der Waals surface area contributed by atoms with E-state index in [0.717, 1.165) is 17.1 Å². The van der Waals surface area contributed by atoms with Gasteiger partial charge in [-0.3, -0.25) is 4.79 Å². The number of carbonyl (C=O) groups excluding carboxylic acids is 1. The van der Waals surface area contributed by atoms with E-state index in [9.17, 15) is 4.79 Å². The van der Waals surface area contributed by atoms with Crippen LogP contribution < -0.4 is 19.5 Å². The van der Waals surface area contributed by atoms with Crippen LogP contribution >= 0.6 is 0 Å². The molecule has 0 spiro atoms. The van der Waals surface area contributed by atoms with Gasteiger partial charge in [0.25, 0.3) is 5.91 Å². The van der Waals surface area contributed by atoms with Crippen molar-refractivity contribution >= 4 is 5.91 Å². The van der Waals surface area contributed by atoms with Crippen LogP contribution in [0.5, 0.6) is 17.2 Å². The minimum Gasteiger partial charge on any atom is -0.496 e. The van der Waals surface area contributed by atoms with Crippen LogP contribution in [0.15, 0.2) is 48.5 Å². The number of rotatable bonds is 8. The van der Waals surface area contributed by atoms with Gasteiger partial charge < -0.3 is 19.5 Å². The molecule has 0 aliphatic carbocycles. The molecule has 23 heavy (non-hydrogen) atoms. The Morgan fingerprint density at radius 2 is 1.78 bits per heavy atom. The van der Waals surface area contributed by atoms with Crippen LogP contribution in [0.25, 0.3) is 0 Å². The summed E-state index contributed by atoms with van der Waals surface area (Å²) in [7, 11) is 1.61. The van der Waals surface area contributed by atoms with Crippen LogP contribution in [0.3, 0.4) is 0 Å². The molecule has 2 aromatic rings. The maximum Gasteiger partial charge on any atom is 0.258 e. The van der Waals surface area contributed by atoms with Crippen molar-refractivity contribution in [3.8, 4) is 17.2 Å². The molecule has 0 unspecified atom stereocenters. The predicted molar refractivity (Wildman–Crippen MR) is 87.9 cm³/mol. The molecular weight excluding hydrogens is 294 g/mol. The Hall–Kier alpha value is -2.69. The van der Waals surface area contributed by atoms with Crippen LogP contribution in [-0.2, 0) is 11.3 Å². The average Bonchev–Trinajstić information content (AvgIpc) is 2.59. The maximum absolute atomic E-state index is 11.9.